The molecule has 2 aliphatic carbocycles. The largest absolute Gasteiger partial charge is 0.465 e. The van der Waals surface area contributed by atoms with E-state index in [0.29, 0.717) is 24.4 Å². The number of rotatable bonds is 3. The second-order valence-electron chi connectivity index (χ2n) is 12.1. The van der Waals surface area contributed by atoms with E-state index in [1.165, 1.54) is 38.0 Å². The van der Waals surface area contributed by atoms with Gasteiger partial charge in [0.15, 0.2) is 0 Å². The monoisotopic (exact) mass is 503 g/mol. The number of carbonyl (C=O) groups is 2. The third-order valence-electron chi connectivity index (χ3n) is 8.50. The maximum atomic E-state index is 14.7. The van der Waals surface area contributed by atoms with E-state index < -0.39 is 11.0 Å². The van der Waals surface area contributed by atoms with Crippen molar-refractivity contribution in [2.24, 2.45) is 5.41 Å². The number of benzene rings is 2. The third kappa shape index (κ3) is 3.87. The number of esters is 2. The van der Waals surface area contributed by atoms with Gasteiger partial charge in [0.1, 0.15) is 11.4 Å². The molecule has 3 aromatic rings. The van der Waals surface area contributed by atoms with Crippen LogP contribution in [0, 0.1) is 11.2 Å². The van der Waals surface area contributed by atoms with Crippen molar-refractivity contribution in [2.45, 2.75) is 83.3 Å². The Morgan fingerprint density at radius 1 is 1.05 bits per heavy atom. The van der Waals surface area contributed by atoms with Crippen LogP contribution in [-0.4, -0.2) is 29.2 Å². The zero-order chi connectivity index (χ0) is 26.1. The van der Waals surface area contributed by atoms with Crippen molar-refractivity contribution in [1.82, 2.24) is 4.57 Å². The van der Waals surface area contributed by atoms with Crippen LogP contribution in [-0.2, 0) is 20.8 Å². The van der Waals surface area contributed by atoms with Crippen LogP contribution in [0.4, 0.5) is 4.39 Å². The molecule has 2 atom stereocenters. The number of aromatic nitrogens is 1. The fraction of sp³-hybridized carbons (Fsp3) is 0.484. The molecule has 2 heterocycles. The van der Waals surface area contributed by atoms with Crippen molar-refractivity contribution in [3.63, 3.8) is 0 Å². The highest BCUT2D eigenvalue weighted by Crippen LogP contribution is 2.66. The zero-order valence-corrected chi connectivity index (χ0v) is 22.0. The van der Waals surface area contributed by atoms with Crippen LogP contribution in [0.2, 0.25) is 0 Å². The number of fused-ring (bicyclic) bond motifs is 7. The van der Waals surface area contributed by atoms with Gasteiger partial charge in [0.2, 0.25) is 0 Å². The number of carbonyl (C=O) groups excluding carboxylic acids is 2. The Morgan fingerprint density at radius 3 is 2.51 bits per heavy atom. The lowest BCUT2D eigenvalue weighted by molar-refractivity contribution is -0.162. The van der Waals surface area contributed by atoms with Crippen molar-refractivity contribution in [2.75, 3.05) is 7.11 Å². The fourth-order valence-electron chi connectivity index (χ4n) is 6.76. The molecule has 1 aliphatic heterocycles. The molecular formula is C31H34FNO4. The van der Waals surface area contributed by atoms with Crippen LogP contribution >= 0.6 is 0 Å². The predicted molar refractivity (Wildman–Crippen MR) is 140 cm³/mol. The molecule has 0 radical (unpaired) electrons. The second-order valence-corrected chi connectivity index (χ2v) is 12.1. The zero-order valence-electron chi connectivity index (χ0n) is 22.0. The summed E-state index contributed by atoms with van der Waals surface area (Å²) in [5, 5.41) is 1.10. The average Bonchev–Trinajstić information content (AvgIpc) is 3.54. The SMILES string of the molecule is COC(=O)c1ccc2c(C3CCCCC3)c3n(c2c1)CC1(C(=O)OC(C)(C)C)CC1c1cc(F)ccc1-3. The van der Waals surface area contributed by atoms with Crippen LogP contribution in [0.15, 0.2) is 36.4 Å². The van der Waals surface area contributed by atoms with E-state index in [-0.39, 0.29) is 23.7 Å². The highest BCUT2D eigenvalue weighted by Gasteiger charge is 2.64. The lowest BCUT2D eigenvalue weighted by Gasteiger charge is -2.25. The highest BCUT2D eigenvalue weighted by atomic mass is 19.1. The molecule has 2 aromatic carbocycles. The van der Waals surface area contributed by atoms with Gasteiger partial charge in [-0.2, -0.15) is 0 Å². The lowest BCUT2D eigenvalue weighted by Crippen LogP contribution is -2.32. The summed E-state index contributed by atoms with van der Waals surface area (Å²) in [5.74, 6) is -0.648. The van der Waals surface area contributed by atoms with Crippen LogP contribution in [0.5, 0.6) is 0 Å². The van der Waals surface area contributed by atoms with Crippen LogP contribution in [0.1, 0.15) is 92.6 Å². The van der Waals surface area contributed by atoms with Gasteiger partial charge in [-0.15, -0.1) is 0 Å². The second kappa shape index (κ2) is 8.44. The number of methoxy groups -OCH3 is 1. The van der Waals surface area contributed by atoms with Crippen molar-refractivity contribution in [1.29, 1.82) is 0 Å². The minimum Gasteiger partial charge on any atom is -0.465 e. The van der Waals surface area contributed by atoms with Gasteiger partial charge in [-0.3, -0.25) is 4.79 Å². The summed E-state index contributed by atoms with van der Waals surface area (Å²) in [6.45, 7) is 6.07. The molecule has 0 N–H and O–H groups in total. The normalized spacial score (nSPS) is 23.0. The summed E-state index contributed by atoms with van der Waals surface area (Å²) in [6, 6.07) is 10.8. The first kappa shape index (κ1) is 24.2. The van der Waals surface area contributed by atoms with E-state index in [1.54, 1.807) is 6.07 Å². The van der Waals surface area contributed by atoms with Gasteiger partial charge in [0, 0.05) is 28.9 Å². The number of ether oxygens (including phenoxy) is 2. The first-order valence-corrected chi connectivity index (χ1v) is 13.4. The number of nitrogens with zero attached hydrogens (tertiary/aromatic N) is 1. The van der Waals surface area contributed by atoms with Gasteiger partial charge in [0.25, 0.3) is 0 Å². The summed E-state index contributed by atoms with van der Waals surface area (Å²) in [6.07, 6.45) is 6.41. The molecule has 3 aliphatic rings. The van der Waals surface area contributed by atoms with E-state index in [9.17, 15) is 14.0 Å². The van der Waals surface area contributed by atoms with Crippen molar-refractivity contribution >= 4 is 22.8 Å². The Labute approximate surface area is 216 Å². The van der Waals surface area contributed by atoms with Crippen molar-refractivity contribution < 1.29 is 23.5 Å². The van der Waals surface area contributed by atoms with Crippen molar-refractivity contribution in [3.05, 3.63) is 58.9 Å². The minimum atomic E-state index is -0.766. The highest BCUT2D eigenvalue weighted by molar-refractivity contribution is 6.00. The first-order valence-electron chi connectivity index (χ1n) is 13.4. The molecule has 6 heteroatoms. The standard InChI is InChI=1S/C31H34FNO4/c1-30(2,3)37-29(35)31-16-24(31)23-15-20(32)11-13-21(23)27-26(18-8-6-5-7-9-18)22-12-10-19(28(34)36-4)14-25(22)33(27)17-31/h10-15,18,24H,5-9,16-17H2,1-4H3. The van der Waals surface area contributed by atoms with Crippen LogP contribution in [0.25, 0.3) is 22.2 Å². The van der Waals surface area contributed by atoms with Crippen LogP contribution < -0.4 is 0 Å². The summed E-state index contributed by atoms with van der Waals surface area (Å²) in [5.41, 5.74) is 4.22. The lowest BCUT2D eigenvalue weighted by atomic mass is 9.81. The summed E-state index contributed by atoms with van der Waals surface area (Å²) >= 11 is 0. The molecule has 2 saturated carbocycles. The van der Waals surface area contributed by atoms with Crippen molar-refractivity contribution in [3.8, 4) is 11.3 Å². The fourth-order valence-corrected chi connectivity index (χ4v) is 6.76. The molecule has 2 fully saturated rings. The summed E-state index contributed by atoms with van der Waals surface area (Å²) < 4.78 is 27.8. The van der Waals surface area contributed by atoms with Gasteiger partial charge in [0.05, 0.1) is 23.8 Å². The topological polar surface area (TPSA) is 57.5 Å². The van der Waals surface area contributed by atoms with Gasteiger partial charge in [-0.05, 0) is 87.4 Å². The van der Waals surface area contributed by atoms with Gasteiger partial charge in [-0.1, -0.05) is 25.3 Å². The first-order chi connectivity index (χ1) is 17.6. The number of hydrogen-bond donors (Lipinski definition) is 0. The molecule has 6 rings (SSSR count). The van der Waals surface area contributed by atoms with E-state index in [0.717, 1.165) is 40.6 Å². The Morgan fingerprint density at radius 2 is 1.81 bits per heavy atom. The molecule has 1 aromatic heterocycles. The summed E-state index contributed by atoms with van der Waals surface area (Å²) in [4.78, 5) is 26.2. The van der Waals surface area contributed by atoms with E-state index in [1.807, 2.05) is 45.0 Å². The minimum absolute atomic E-state index is 0.106. The molecule has 194 valence electrons. The summed E-state index contributed by atoms with van der Waals surface area (Å²) in [7, 11) is 1.38. The average molecular weight is 504 g/mol. The molecule has 0 spiro atoms. The molecule has 0 amide bonds. The number of hydrogen-bond acceptors (Lipinski definition) is 4. The smallest absolute Gasteiger partial charge is 0.337 e. The molecule has 5 nitrogen and oxygen atoms in total. The van der Waals surface area contributed by atoms with Gasteiger partial charge >= 0.3 is 11.9 Å². The van der Waals surface area contributed by atoms with Gasteiger partial charge in [-0.25, -0.2) is 9.18 Å². The maximum absolute atomic E-state index is 14.7. The van der Waals surface area contributed by atoms with Crippen LogP contribution in [0.3, 0.4) is 0 Å². The van der Waals surface area contributed by atoms with Gasteiger partial charge < -0.3 is 14.0 Å². The van der Waals surface area contributed by atoms with E-state index >= 15 is 0 Å². The molecule has 0 saturated heterocycles. The Bertz CT molecular complexity index is 1430. The Balaban J connectivity index is 1.64. The molecule has 2 unspecified atom stereocenters. The third-order valence-corrected chi connectivity index (χ3v) is 8.50. The molecular weight excluding hydrogens is 469 g/mol. The molecule has 37 heavy (non-hydrogen) atoms. The van der Waals surface area contributed by atoms with E-state index in [2.05, 4.69) is 4.57 Å². The van der Waals surface area contributed by atoms with E-state index in [4.69, 9.17) is 9.47 Å². The number of halogens is 1. The Hall–Kier alpha value is -3.15. The predicted octanol–water partition coefficient (Wildman–Crippen LogP) is 7.11. The molecule has 0 bridgehead atoms. The maximum Gasteiger partial charge on any atom is 0.337 e. The Kier molecular flexibility index (Phi) is 5.52. The quantitative estimate of drug-likeness (QED) is 0.357.